The molecule has 0 atom stereocenters. The lowest BCUT2D eigenvalue weighted by Crippen LogP contribution is -2.26. The highest BCUT2D eigenvalue weighted by Crippen LogP contribution is 2.11. The Kier molecular flexibility index (Phi) is 5.44. The van der Waals surface area contributed by atoms with Crippen LogP contribution in [0.3, 0.4) is 0 Å². The molecular formula is C10H18N4O3. The number of nitrogen functional groups attached to an aromatic ring is 1. The molecule has 0 aliphatic heterocycles. The number of ether oxygens (including phenoxy) is 1. The maximum absolute atomic E-state index is 11.6. The van der Waals surface area contributed by atoms with Gasteiger partial charge in [0.1, 0.15) is 0 Å². The van der Waals surface area contributed by atoms with Crippen LogP contribution in [0.1, 0.15) is 22.6 Å². The summed E-state index contributed by atoms with van der Waals surface area (Å²) in [5, 5.41) is 17.6. The first-order chi connectivity index (χ1) is 8.16. The van der Waals surface area contributed by atoms with Crippen molar-refractivity contribution in [1.29, 1.82) is 0 Å². The minimum absolute atomic E-state index is 0.00936. The lowest BCUT2D eigenvalue weighted by Gasteiger charge is -2.04. The first-order valence-corrected chi connectivity index (χ1v) is 5.44. The average molecular weight is 242 g/mol. The Morgan fingerprint density at radius 2 is 2.35 bits per heavy atom. The van der Waals surface area contributed by atoms with Crippen LogP contribution in [0.25, 0.3) is 0 Å². The molecule has 0 aliphatic rings. The van der Waals surface area contributed by atoms with Gasteiger partial charge in [0, 0.05) is 13.2 Å². The zero-order valence-corrected chi connectivity index (χ0v) is 9.82. The monoisotopic (exact) mass is 242 g/mol. The summed E-state index contributed by atoms with van der Waals surface area (Å²) >= 11 is 0. The molecule has 1 rings (SSSR count). The van der Waals surface area contributed by atoms with Crippen LogP contribution in [0.5, 0.6) is 0 Å². The maximum atomic E-state index is 11.6. The van der Waals surface area contributed by atoms with Gasteiger partial charge < -0.3 is 20.9 Å². The quantitative estimate of drug-likeness (QED) is 0.478. The summed E-state index contributed by atoms with van der Waals surface area (Å²) < 4.78 is 5.05. The van der Waals surface area contributed by atoms with Crippen molar-refractivity contribution in [2.24, 2.45) is 0 Å². The Labute approximate surface area is 99.3 Å². The number of rotatable bonds is 7. The van der Waals surface area contributed by atoms with Gasteiger partial charge in [-0.1, -0.05) is 0 Å². The van der Waals surface area contributed by atoms with Crippen LogP contribution in [0.2, 0.25) is 0 Å². The molecule has 0 fully saturated rings. The van der Waals surface area contributed by atoms with Gasteiger partial charge in [0.2, 0.25) is 0 Å². The number of carbonyl (C=O) groups excluding carboxylic acids is 1. The van der Waals surface area contributed by atoms with Gasteiger partial charge in [-0.15, -0.1) is 0 Å². The van der Waals surface area contributed by atoms with E-state index in [1.807, 2.05) is 0 Å². The fourth-order valence-electron chi connectivity index (χ4n) is 1.24. The maximum Gasteiger partial charge on any atom is 0.273 e. The molecule has 7 nitrogen and oxygen atoms in total. The third-order valence-corrected chi connectivity index (χ3v) is 2.20. The minimum atomic E-state index is -0.297. The largest absolute Gasteiger partial charge is 0.395 e. The summed E-state index contributed by atoms with van der Waals surface area (Å²) in [7, 11) is 0. The molecule has 17 heavy (non-hydrogen) atoms. The molecule has 1 amide bonds. The number of anilines is 1. The average Bonchev–Trinajstić information content (AvgIpc) is 2.64. The van der Waals surface area contributed by atoms with E-state index in [4.69, 9.17) is 15.6 Å². The number of nitrogens with one attached hydrogen (secondary N) is 2. The summed E-state index contributed by atoms with van der Waals surface area (Å²) in [5.41, 5.74) is 6.94. The van der Waals surface area contributed by atoms with Crippen LogP contribution in [0, 0.1) is 6.92 Å². The smallest absolute Gasteiger partial charge is 0.273 e. The number of aromatic amines is 1. The number of nitrogens with two attached hydrogens (primary N) is 1. The molecule has 0 saturated carbocycles. The summed E-state index contributed by atoms with van der Waals surface area (Å²) in [6.45, 7) is 3.06. The number of nitrogens with zero attached hydrogens (tertiary/aromatic N) is 1. The van der Waals surface area contributed by atoms with Crippen LogP contribution < -0.4 is 11.1 Å². The van der Waals surface area contributed by atoms with Crippen molar-refractivity contribution in [3.8, 4) is 0 Å². The summed E-state index contributed by atoms with van der Waals surface area (Å²) in [6, 6.07) is 0. The Morgan fingerprint density at radius 3 is 2.94 bits per heavy atom. The number of H-pyrrole nitrogens is 1. The lowest BCUT2D eigenvalue weighted by molar-refractivity contribution is 0.0866. The molecule has 1 aromatic heterocycles. The Morgan fingerprint density at radius 1 is 1.59 bits per heavy atom. The number of aliphatic hydroxyl groups is 1. The van der Waals surface area contributed by atoms with E-state index in [1.54, 1.807) is 6.92 Å². The van der Waals surface area contributed by atoms with Gasteiger partial charge in [-0.2, -0.15) is 5.10 Å². The van der Waals surface area contributed by atoms with Crippen LogP contribution >= 0.6 is 0 Å². The topological polar surface area (TPSA) is 113 Å². The van der Waals surface area contributed by atoms with Crippen molar-refractivity contribution in [3.63, 3.8) is 0 Å². The highest BCUT2D eigenvalue weighted by molar-refractivity contribution is 5.97. The van der Waals surface area contributed by atoms with E-state index in [9.17, 15) is 4.79 Å². The van der Waals surface area contributed by atoms with E-state index >= 15 is 0 Å². The van der Waals surface area contributed by atoms with Crippen molar-refractivity contribution in [1.82, 2.24) is 15.5 Å². The van der Waals surface area contributed by atoms with Gasteiger partial charge in [-0.3, -0.25) is 9.89 Å². The normalized spacial score (nSPS) is 10.5. The molecule has 0 unspecified atom stereocenters. The SMILES string of the molecule is Cc1[nH]nc(C(=O)NCCCOCCO)c1N. The fraction of sp³-hybridized carbons (Fsp3) is 0.600. The van der Waals surface area contributed by atoms with Crippen LogP contribution in [-0.2, 0) is 4.74 Å². The molecule has 96 valence electrons. The van der Waals surface area contributed by atoms with Crippen molar-refractivity contribution in [2.45, 2.75) is 13.3 Å². The number of hydrogen-bond acceptors (Lipinski definition) is 5. The first-order valence-electron chi connectivity index (χ1n) is 5.44. The predicted octanol–water partition coefficient (Wildman–Crippen LogP) is -0.571. The standard InChI is InChI=1S/C10H18N4O3/c1-7-8(11)9(14-13-7)10(16)12-3-2-5-17-6-4-15/h15H,2-6,11H2,1H3,(H,12,16)(H,13,14). The molecule has 0 spiro atoms. The number of amides is 1. The lowest BCUT2D eigenvalue weighted by atomic mass is 10.3. The molecule has 1 heterocycles. The van der Waals surface area contributed by atoms with Gasteiger partial charge in [-0.25, -0.2) is 0 Å². The van der Waals surface area contributed by atoms with E-state index in [-0.39, 0.29) is 18.2 Å². The number of aromatic nitrogens is 2. The molecule has 0 aliphatic carbocycles. The molecule has 0 bridgehead atoms. The van der Waals surface area contributed by atoms with Crippen LogP contribution in [0.15, 0.2) is 0 Å². The van der Waals surface area contributed by atoms with Gasteiger partial charge in [0.25, 0.3) is 5.91 Å². The number of aryl methyl sites for hydroxylation is 1. The summed E-state index contributed by atoms with van der Waals surface area (Å²) in [4.78, 5) is 11.6. The second-order valence-electron chi connectivity index (χ2n) is 3.56. The highest BCUT2D eigenvalue weighted by Gasteiger charge is 2.14. The van der Waals surface area contributed by atoms with Gasteiger partial charge in [0.15, 0.2) is 5.69 Å². The van der Waals surface area contributed by atoms with Crippen LogP contribution in [0.4, 0.5) is 5.69 Å². The summed E-state index contributed by atoms with van der Waals surface area (Å²) in [5.74, 6) is -0.297. The number of hydrogen-bond donors (Lipinski definition) is 4. The molecule has 5 N–H and O–H groups in total. The molecule has 0 radical (unpaired) electrons. The second kappa shape index (κ2) is 6.87. The van der Waals surface area contributed by atoms with Gasteiger partial charge in [-0.05, 0) is 13.3 Å². The van der Waals surface area contributed by atoms with Crippen molar-refractivity contribution < 1.29 is 14.6 Å². The molecule has 1 aromatic rings. The first kappa shape index (κ1) is 13.5. The van der Waals surface area contributed by atoms with Crippen LogP contribution in [-0.4, -0.2) is 47.6 Å². The number of aliphatic hydroxyl groups excluding tert-OH is 1. The molecule has 0 aromatic carbocycles. The van der Waals surface area contributed by atoms with Gasteiger partial charge in [0.05, 0.1) is 24.6 Å². The fourth-order valence-corrected chi connectivity index (χ4v) is 1.24. The van der Waals surface area contributed by atoms with Crippen molar-refractivity contribution in [3.05, 3.63) is 11.4 Å². The Bertz CT molecular complexity index is 364. The van der Waals surface area contributed by atoms with E-state index in [2.05, 4.69) is 15.5 Å². The third kappa shape index (κ3) is 4.04. The molecular weight excluding hydrogens is 224 g/mol. The predicted molar refractivity (Wildman–Crippen MR) is 62.6 cm³/mol. The van der Waals surface area contributed by atoms with E-state index in [1.165, 1.54) is 0 Å². The van der Waals surface area contributed by atoms with E-state index in [0.717, 1.165) is 0 Å². The number of carbonyl (C=O) groups is 1. The molecule has 0 saturated heterocycles. The minimum Gasteiger partial charge on any atom is -0.395 e. The zero-order chi connectivity index (χ0) is 12.7. The molecule has 7 heteroatoms. The van der Waals surface area contributed by atoms with Gasteiger partial charge >= 0.3 is 0 Å². The zero-order valence-electron chi connectivity index (χ0n) is 9.82. The second-order valence-corrected chi connectivity index (χ2v) is 3.56. The van der Waals surface area contributed by atoms with Crippen molar-refractivity contribution >= 4 is 11.6 Å². The van der Waals surface area contributed by atoms with Crippen molar-refractivity contribution in [2.75, 3.05) is 32.1 Å². The summed E-state index contributed by atoms with van der Waals surface area (Å²) in [6.07, 6.45) is 0.676. The van der Waals surface area contributed by atoms with E-state index in [0.29, 0.717) is 37.6 Å². The third-order valence-electron chi connectivity index (χ3n) is 2.20. The Hall–Kier alpha value is -1.60. The highest BCUT2D eigenvalue weighted by atomic mass is 16.5. The van der Waals surface area contributed by atoms with E-state index < -0.39 is 0 Å². The Balaban J connectivity index is 2.24.